The van der Waals surface area contributed by atoms with Gasteiger partial charge in [0, 0.05) is 13.1 Å². The van der Waals surface area contributed by atoms with Crippen LogP contribution in [-0.2, 0) is 4.79 Å². The van der Waals surface area contributed by atoms with Crippen molar-refractivity contribution in [2.45, 2.75) is 45.7 Å². The van der Waals surface area contributed by atoms with Crippen molar-refractivity contribution >= 4 is 5.91 Å². The molecule has 0 radical (unpaired) electrons. The minimum atomic E-state index is -0.448. The van der Waals surface area contributed by atoms with Crippen LogP contribution >= 0.6 is 0 Å². The van der Waals surface area contributed by atoms with Gasteiger partial charge in [-0.05, 0) is 19.3 Å². The van der Waals surface area contributed by atoms with Crippen LogP contribution in [0.5, 0.6) is 0 Å². The Balaban J connectivity index is 4.25. The van der Waals surface area contributed by atoms with Crippen molar-refractivity contribution in [3.63, 3.8) is 0 Å². The highest BCUT2D eigenvalue weighted by atomic mass is 16.2. The van der Waals surface area contributed by atoms with Gasteiger partial charge in [-0.3, -0.25) is 4.79 Å². The van der Waals surface area contributed by atoms with Gasteiger partial charge in [-0.2, -0.15) is 5.26 Å². The Bertz CT molecular complexity index is 245. The van der Waals surface area contributed by atoms with Crippen LogP contribution in [0.25, 0.3) is 0 Å². The zero-order chi connectivity index (χ0) is 12.0. The summed E-state index contributed by atoms with van der Waals surface area (Å²) < 4.78 is 0. The van der Waals surface area contributed by atoms with Crippen molar-refractivity contribution in [2.24, 2.45) is 11.7 Å². The highest BCUT2D eigenvalue weighted by Crippen LogP contribution is 2.08. The molecule has 2 atom stereocenters. The molecule has 0 aliphatic carbocycles. The van der Waals surface area contributed by atoms with Crippen LogP contribution in [0.1, 0.15) is 33.6 Å². The molecule has 86 valence electrons. The average molecular weight is 211 g/mol. The van der Waals surface area contributed by atoms with Crippen LogP contribution in [-0.4, -0.2) is 29.9 Å². The van der Waals surface area contributed by atoms with Crippen LogP contribution in [0.2, 0.25) is 0 Å². The largest absolute Gasteiger partial charge is 0.341 e. The number of hydrogen-bond acceptors (Lipinski definition) is 3. The predicted molar refractivity (Wildman–Crippen MR) is 59.9 cm³/mol. The first kappa shape index (κ1) is 13.9. The lowest BCUT2D eigenvalue weighted by molar-refractivity contribution is -0.133. The molecular formula is C11H21N3O. The number of nitrogens with zero attached hydrogens (tertiary/aromatic N) is 2. The smallest absolute Gasteiger partial charge is 0.239 e. The molecule has 15 heavy (non-hydrogen) atoms. The van der Waals surface area contributed by atoms with Crippen molar-refractivity contribution in [3.05, 3.63) is 0 Å². The van der Waals surface area contributed by atoms with Crippen molar-refractivity contribution in [2.75, 3.05) is 7.05 Å². The maximum atomic E-state index is 11.8. The van der Waals surface area contributed by atoms with Gasteiger partial charge in [0.15, 0.2) is 0 Å². The van der Waals surface area contributed by atoms with Gasteiger partial charge in [0.1, 0.15) is 0 Å². The van der Waals surface area contributed by atoms with E-state index in [9.17, 15) is 4.79 Å². The molecule has 0 aromatic carbocycles. The first-order valence-corrected chi connectivity index (χ1v) is 5.29. The molecule has 0 saturated carbocycles. The van der Waals surface area contributed by atoms with Crippen LogP contribution in [0.4, 0.5) is 0 Å². The Morgan fingerprint density at radius 1 is 1.47 bits per heavy atom. The van der Waals surface area contributed by atoms with Gasteiger partial charge in [0.2, 0.25) is 5.91 Å². The Morgan fingerprint density at radius 2 is 2.00 bits per heavy atom. The minimum absolute atomic E-state index is 0.0688. The van der Waals surface area contributed by atoms with Gasteiger partial charge in [0.05, 0.1) is 18.5 Å². The molecule has 1 amide bonds. The summed E-state index contributed by atoms with van der Waals surface area (Å²) >= 11 is 0. The molecule has 2 N–H and O–H groups in total. The summed E-state index contributed by atoms with van der Waals surface area (Å²) in [5.41, 5.74) is 5.78. The maximum Gasteiger partial charge on any atom is 0.239 e. The van der Waals surface area contributed by atoms with Crippen molar-refractivity contribution < 1.29 is 4.79 Å². The molecule has 0 spiro atoms. The first-order chi connectivity index (χ1) is 6.90. The summed E-state index contributed by atoms with van der Waals surface area (Å²) in [4.78, 5) is 13.4. The molecule has 4 heteroatoms. The highest BCUT2D eigenvalue weighted by Gasteiger charge is 2.22. The standard InChI is InChI=1S/C11H21N3O/c1-8(2)7-10(13)11(15)14(4)9(3)5-6-12/h8-10H,5,7,13H2,1-4H3/t9?,10-/m1/s1. The first-order valence-electron chi connectivity index (χ1n) is 5.29. The van der Waals surface area contributed by atoms with E-state index in [0.29, 0.717) is 18.8 Å². The Labute approximate surface area is 92.0 Å². The van der Waals surface area contributed by atoms with E-state index in [-0.39, 0.29) is 11.9 Å². The molecule has 0 aromatic rings. The zero-order valence-electron chi connectivity index (χ0n) is 10.0. The molecule has 1 unspecified atom stereocenters. The number of carbonyl (C=O) groups excluding carboxylic acids is 1. The van der Waals surface area contributed by atoms with Gasteiger partial charge in [-0.1, -0.05) is 13.8 Å². The van der Waals surface area contributed by atoms with E-state index >= 15 is 0 Å². The third-order valence-electron chi connectivity index (χ3n) is 2.44. The highest BCUT2D eigenvalue weighted by molar-refractivity contribution is 5.81. The summed E-state index contributed by atoms with van der Waals surface area (Å²) in [5.74, 6) is 0.329. The second-order valence-electron chi connectivity index (χ2n) is 4.40. The van der Waals surface area contributed by atoms with Crippen molar-refractivity contribution in [1.29, 1.82) is 5.26 Å². The molecule has 0 saturated heterocycles. The second-order valence-corrected chi connectivity index (χ2v) is 4.40. The van der Waals surface area contributed by atoms with Gasteiger partial charge in [-0.15, -0.1) is 0 Å². The Hall–Kier alpha value is -1.08. The van der Waals surface area contributed by atoms with Crippen LogP contribution in [0.15, 0.2) is 0 Å². The average Bonchev–Trinajstić information content (AvgIpc) is 2.14. The van der Waals surface area contributed by atoms with E-state index in [4.69, 9.17) is 11.0 Å². The molecule has 0 heterocycles. The maximum absolute atomic E-state index is 11.8. The summed E-state index contributed by atoms with van der Waals surface area (Å²) in [6.07, 6.45) is 1.03. The number of carbonyl (C=O) groups is 1. The Kier molecular flexibility index (Phi) is 5.95. The molecule has 0 bridgehead atoms. The van der Waals surface area contributed by atoms with Crippen LogP contribution < -0.4 is 5.73 Å². The number of nitrogens with two attached hydrogens (primary N) is 1. The monoisotopic (exact) mass is 211 g/mol. The predicted octanol–water partition coefficient (Wildman–Crippen LogP) is 1.12. The normalized spacial score (nSPS) is 14.5. The second kappa shape index (κ2) is 6.41. The lowest BCUT2D eigenvalue weighted by Gasteiger charge is -2.26. The fraction of sp³-hybridized carbons (Fsp3) is 0.818. The lowest BCUT2D eigenvalue weighted by atomic mass is 10.0. The van der Waals surface area contributed by atoms with Gasteiger partial charge < -0.3 is 10.6 Å². The van der Waals surface area contributed by atoms with E-state index in [1.54, 1.807) is 11.9 Å². The zero-order valence-corrected chi connectivity index (χ0v) is 10.0. The fourth-order valence-corrected chi connectivity index (χ4v) is 1.36. The number of nitriles is 1. The molecule has 4 nitrogen and oxygen atoms in total. The van der Waals surface area contributed by atoms with Gasteiger partial charge in [-0.25, -0.2) is 0 Å². The molecule has 0 fully saturated rings. The molecule has 0 aliphatic rings. The quantitative estimate of drug-likeness (QED) is 0.740. The third kappa shape index (κ3) is 4.80. The minimum Gasteiger partial charge on any atom is -0.341 e. The third-order valence-corrected chi connectivity index (χ3v) is 2.44. The summed E-state index contributed by atoms with van der Waals surface area (Å²) in [6, 6.07) is 1.53. The molecule has 0 aromatic heterocycles. The SMILES string of the molecule is CC(C)C[C@@H](N)C(=O)N(C)C(C)CC#N. The molecule has 0 aliphatic heterocycles. The summed E-state index contributed by atoms with van der Waals surface area (Å²) in [5, 5.41) is 8.53. The van der Waals surface area contributed by atoms with E-state index in [1.165, 1.54) is 0 Å². The van der Waals surface area contributed by atoms with Gasteiger partial charge >= 0.3 is 0 Å². The Morgan fingerprint density at radius 3 is 2.40 bits per heavy atom. The molecule has 0 rings (SSSR count). The van der Waals surface area contributed by atoms with Crippen LogP contribution in [0, 0.1) is 17.2 Å². The number of rotatable bonds is 5. The van der Waals surface area contributed by atoms with E-state index < -0.39 is 6.04 Å². The van der Waals surface area contributed by atoms with Gasteiger partial charge in [0.25, 0.3) is 0 Å². The summed E-state index contributed by atoms with van der Waals surface area (Å²) in [7, 11) is 1.70. The number of likely N-dealkylation sites (N-methyl/N-ethyl adjacent to an activating group) is 1. The molecular weight excluding hydrogens is 190 g/mol. The number of hydrogen-bond donors (Lipinski definition) is 1. The van der Waals surface area contributed by atoms with E-state index in [2.05, 4.69) is 0 Å². The topological polar surface area (TPSA) is 70.1 Å². The summed E-state index contributed by atoms with van der Waals surface area (Å²) in [6.45, 7) is 5.92. The van der Waals surface area contributed by atoms with E-state index in [0.717, 1.165) is 0 Å². The number of amides is 1. The lowest BCUT2D eigenvalue weighted by Crippen LogP contribution is -2.46. The van der Waals surface area contributed by atoms with Crippen LogP contribution in [0.3, 0.4) is 0 Å². The fourth-order valence-electron chi connectivity index (χ4n) is 1.36. The van der Waals surface area contributed by atoms with E-state index in [1.807, 2.05) is 26.8 Å². The van der Waals surface area contributed by atoms with Crippen molar-refractivity contribution in [3.8, 4) is 6.07 Å². The van der Waals surface area contributed by atoms with Crippen molar-refractivity contribution in [1.82, 2.24) is 4.90 Å².